The smallest absolute Gasteiger partial charge is 0.283 e. The number of phenolic OH excluding ortho intramolecular Hbond substituents is 1. The summed E-state index contributed by atoms with van der Waals surface area (Å²) >= 11 is 5.86. The van der Waals surface area contributed by atoms with Gasteiger partial charge >= 0.3 is 0 Å². The molecular formula is C24H21ClN2O4. The van der Waals surface area contributed by atoms with Gasteiger partial charge in [0.15, 0.2) is 11.4 Å². The first kappa shape index (κ1) is 22.1. The van der Waals surface area contributed by atoms with Crippen LogP contribution in [0.2, 0.25) is 5.02 Å². The summed E-state index contributed by atoms with van der Waals surface area (Å²) in [5.74, 6) is 0.0135. The Labute approximate surface area is 185 Å². The Kier molecular flexibility index (Phi) is 6.72. The molecule has 31 heavy (non-hydrogen) atoms. The number of carbonyl (C=O) groups is 2. The Hall–Kier alpha value is -3.64. The first-order valence-electron chi connectivity index (χ1n) is 9.46. The molecule has 0 fully saturated rings. The second-order valence-electron chi connectivity index (χ2n) is 7.26. The quantitative estimate of drug-likeness (QED) is 0.322. The lowest BCUT2D eigenvalue weighted by Crippen LogP contribution is -2.44. The molecular weight excluding hydrogens is 416 g/mol. The van der Waals surface area contributed by atoms with Crippen LogP contribution in [0.4, 0.5) is 0 Å². The van der Waals surface area contributed by atoms with Gasteiger partial charge in [0, 0.05) is 16.1 Å². The van der Waals surface area contributed by atoms with E-state index in [-0.39, 0.29) is 11.5 Å². The summed E-state index contributed by atoms with van der Waals surface area (Å²) in [6.07, 6.45) is 1.46. The average Bonchev–Trinajstić information content (AvgIpc) is 2.75. The Morgan fingerprint density at radius 3 is 2.06 bits per heavy atom. The number of benzene rings is 3. The molecule has 1 amide bonds. The van der Waals surface area contributed by atoms with Gasteiger partial charge in [-0.05, 0) is 92.2 Å². The molecule has 0 bridgehead atoms. The molecule has 0 aliphatic carbocycles. The molecule has 0 saturated carbocycles. The first-order chi connectivity index (χ1) is 14.7. The highest BCUT2D eigenvalue weighted by molar-refractivity contribution is 6.30. The standard InChI is InChI=1S/C24H21ClN2O4/c1-24(2,23(30)27-26-15-16-3-11-20(28)12-4-16)31-21-13-7-18(8-14-21)22(29)17-5-9-19(25)10-6-17/h3-15,28H,1-2H3,(H,27,30)/b26-15+. The number of aromatic hydroxyl groups is 1. The molecule has 6 nitrogen and oxygen atoms in total. The SMILES string of the molecule is CC(C)(Oc1ccc(C(=O)c2ccc(Cl)cc2)cc1)C(=O)N/N=C/c1ccc(O)cc1. The molecule has 0 unspecified atom stereocenters. The number of amides is 1. The Bertz CT molecular complexity index is 1090. The molecule has 0 aromatic heterocycles. The molecule has 0 saturated heterocycles. The number of carbonyl (C=O) groups excluding carboxylic acids is 2. The maximum absolute atomic E-state index is 12.5. The summed E-state index contributed by atoms with van der Waals surface area (Å²) in [7, 11) is 0. The average molecular weight is 437 g/mol. The number of hydrogen-bond acceptors (Lipinski definition) is 5. The highest BCUT2D eigenvalue weighted by Gasteiger charge is 2.30. The van der Waals surface area contributed by atoms with Crippen molar-refractivity contribution in [2.45, 2.75) is 19.4 Å². The van der Waals surface area contributed by atoms with Crippen LogP contribution in [-0.2, 0) is 4.79 Å². The molecule has 2 N–H and O–H groups in total. The van der Waals surface area contributed by atoms with E-state index < -0.39 is 11.5 Å². The third kappa shape index (κ3) is 5.93. The fourth-order valence-electron chi connectivity index (χ4n) is 2.64. The van der Waals surface area contributed by atoms with E-state index in [0.29, 0.717) is 21.9 Å². The van der Waals surface area contributed by atoms with Crippen LogP contribution in [0.25, 0.3) is 0 Å². The zero-order valence-corrected chi connectivity index (χ0v) is 17.8. The van der Waals surface area contributed by atoms with Crippen LogP contribution in [0.5, 0.6) is 11.5 Å². The van der Waals surface area contributed by atoms with E-state index in [4.69, 9.17) is 16.3 Å². The van der Waals surface area contributed by atoms with Crippen molar-refractivity contribution in [1.82, 2.24) is 5.43 Å². The molecule has 3 rings (SSSR count). The lowest BCUT2D eigenvalue weighted by atomic mass is 10.0. The third-order valence-electron chi connectivity index (χ3n) is 4.42. The molecule has 0 atom stereocenters. The van der Waals surface area contributed by atoms with Crippen molar-refractivity contribution in [3.8, 4) is 11.5 Å². The van der Waals surface area contributed by atoms with Crippen LogP contribution in [0.15, 0.2) is 77.9 Å². The second-order valence-corrected chi connectivity index (χ2v) is 7.70. The topological polar surface area (TPSA) is 88.0 Å². The highest BCUT2D eigenvalue weighted by atomic mass is 35.5. The van der Waals surface area contributed by atoms with E-state index in [1.165, 1.54) is 18.3 Å². The van der Waals surface area contributed by atoms with Crippen molar-refractivity contribution in [3.63, 3.8) is 0 Å². The Balaban J connectivity index is 1.61. The van der Waals surface area contributed by atoms with Crippen molar-refractivity contribution in [3.05, 3.63) is 94.5 Å². The van der Waals surface area contributed by atoms with Crippen molar-refractivity contribution < 1.29 is 19.4 Å². The largest absolute Gasteiger partial charge is 0.508 e. The number of ketones is 1. The van der Waals surface area contributed by atoms with Crippen molar-refractivity contribution in [2.75, 3.05) is 0 Å². The van der Waals surface area contributed by atoms with Gasteiger partial charge in [0.05, 0.1) is 6.21 Å². The van der Waals surface area contributed by atoms with Gasteiger partial charge in [-0.1, -0.05) is 11.6 Å². The zero-order valence-electron chi connectivity index (χ0n) is 17.0. The number of phenols is 1. The number of nitrogens with zero attached hydrogens (tertiary/aromatic N) is 1. The third-order valence-corrected chi connectivity index (χ3v) is 4.67. The number of hydrogen-bond donors (Lipinski definition) is 2. The molecule has 0 aliphatic heterocycles. The molecule has 3 aromatic rings. The van der Waals surface area contributed by atoms with Crippen LogP contribution in [0, 0.1) is 0 Å². The van der Waals surface area contributed by atoms with E-state index in [1.807, 2.05) is 0 Å². The molecule has 3 aromatic carbocycles. The van der Waals surface area contributed by atoms with Crippen LogP contribution < -0.4 is 10.2 Å². The molecule has 7 heteroatoms. The zero-order chi connectivity index (χ0) is 22.4. The van der Waals surface area contributed by atoms with E-state index in [2.05, 4.69) is 10.5 Å². The first-order valence-corrected chi connectivity index (χ1v) is 9.84. The van der Waals surface area contributed by atoms with Crippen LogP contribution in [0.1, 0.15) is 35.3 Å². The maximum atomic E-state index is 12.5. The summed E-state index contributed by atoms with van der Waals surface area (Å²) in [5.41, 5.74) is 2.99. The summed E-state index contributed by atoms with van der Waals surface area (Å²) in [5, 5.41) is 13.8. The number of nitrogens with one attached hydrogen (secondary N) is 1. The van der Waals surface area contributed by atoms with Gasteiger partial charge in [-0.25, -0.2) is 5.43 Å². The van der Waals surface area contributed by atoms with E-state index in [9.17, 15) is 14.7 Å². The van der Waals surface area contributed by atoms with Gasteiger partial charge < -0.3 is 9.84 Å². The number of halogens is 1. The van der Waals surface area contributed by atoms with E-state index in [0.717, 1.165) is 5.56 Å². The van der Waals surface area contributed by atoms with Gasteiger partial charge in [-0.15, -0.1) is 0 Å². The lowest BCUT2D eigenvalue weighted by molar-refractivity contribution is -0.134. The molecule has 0 heterocycles. The van der Waals surface area contributed by atoms with Gasteiger partial charge in [0.25, 0.3) is 5.91 Å². The summed E-state index contributed by atoms with van der Waals surface area (Å²) < 4.78 is 5.79. The van der Waals surface area contributed by atoms with Crippen LogP contribution in [0.3, 0.4) is 0 Å². The molecule has 0 radical (unpaired) electrons. The highest BCUT2D eigenvalue weighted by Crippen LogP contribution is 2.21. The normalized spacial score (nSPS) is 11.3. The fraction of sp³-hybridized carbons (Fsp3) is 0.125. The van der Waals surface area contributed by atoms with Gasteiger partial charge in [0.1, 0.15) is 11.5 Å². The molecule has 0 spiro atoms. The Morgan fingerprint density at radius 2 is 1.48 bits per heavy atom. The molecule has 0 aliphatic rings. The predicted molar refractivity (Wildman–Crippen MR) is 120 cm³/mol. The van der Waals surface area contributed by atoms with Crippen LogP contribution in [-0.4, -0.2) is 28.6 Å². The number of hydrazone groups is 1. The van der Waals surface area contributed by atoms with E-state index in [1.54, 1.807) is 74.5 Å². The minimum Gasteiger partial charge on any atom is -0.508 e. The van der Waals surface area contributed by atoms with E-state index >= 15 is 0 Å². The van der Waals surface area contributed by atoms with Crippen LogP contribution >= 0.6 is 11.6 Å². The lowest BCUT2D eigenvalue weighted by Gasteiger charge is -2.24. The van der Waals surface area contributed by atoms with Gasteiger partial charge in [-0.2, -0.15) is 5.10 Å². The van der Waals surface area contributed by atoms with Gasteiger partial charge in [0.2, 0.25) is 0 Å². The number of rotatable bonds is 7. The number of ether oxygens (including phenoxy) is 1. The maximum Gasteiger partial charge on any atom is 0.283 e. The minimum absolute atomic E-state index is 0.135. The summed E-state index contributed by atoms with van der Waals surface area (Å²) in [4.78, 5) is 25.0. The van der Waals surface area contributed by atoms with Gasteiger partial charge in [-0.3, -0.25) is 9.59 Å². The Morgan fingerprint density at radius 1 is 0.935 bits per heavy atom. The summed E-state index contributed by atoms with van der Waals surface area (Å²) in [6.45, 7) is 3.23. The predicted octanol–water partition coefficient (Wildman–Crippen LogP) is 4.58. The second kappa shape index (κ2) is 9.45. The summed E-state index contributed by atoms with van der Waals surface area (Å²) in [6, 6.07) is 19.6. The fourth-order valence-corrected chi connectivity index (χ4v) is 2.77. The van der Waals surface area contributed by atoms with Crippen molar-refractivity contribution in [2.24, 2.45) is 5.10 Å². The monoisotopic (exact) mass is 436 g/mol. The van der Waals surface area contributed by atoms with Crippen molar-refractivity contribution in [1.29, 1.82) is 0 Å². The molecule has 158 valence electrons. The minimum atomic E-state index is -1.20. The van der Waals surface area contributed by atoms with Crippen molar-refractivity contribution >= 4 is 29.5 Å².